The molecule has 1 aliphatic heterocycles. The van der Waals surface area contributed by atoms with Gasteiger partial charge in [-0.2, -0.15) is 0 Å². The Kier molecular flexibility index (Phi) is 3.97. The standard InChI is InChI=1S/C14H19FN2O/c1-10-3-4-13(15)12(7-10)14(18)17-6-5-11(9-17)8-16-2/h3-4,7,11,16H,5-6,8-9H2,1-2H3/t11-/m1/s1. The van der Waals surface area contributed by atoms with Crippen molar-refractivity contribution >= 4 is 5.91 Å². The molecule has 0 unspecified atom stereocenters. The molecule has 0 aromatic heterocycles. The van der Waals surface area contributed by atoms with Crippen LogP contribution in [0.2, 0.25) is 0 Å². The summed E-state index contributed by atoms with van der Waals surface area (Å²) in [7, 11) is 1.91. The maximum absolute atomic E-state index is 13.7. The number of aryl methyl sites for hydroxylation is 1. The van der Waals surface area contributed by atoms with Crippen molar-refractivity contribution in [1.29, 1.82) is 0 Å². The summed E-state index contributed by atoms with van der Waals surface area (Å²) < 4.78 is 13.7. The van der Waals surface area contributed by atoms with Crippen molar-refractivity contribution in [1.82, 2.24) is 10.2 Å². The molecular weight excluding hydrogens is 231 g/mol. The van der Waals surface area contributed by atoms with Gasteiger partial charge in [0.1, 0.15) is 5.82 Å². The summed E-state index contributed by atoms with van der Waals surface area (Å²) >= 11 is 0. The highest BCUT2D eigenvalue weighted by atomic mass is 19.1. The molecule has 1 fully saturated rings. The summed E-state index contributed by atoms with van der Waals surface area (Å²) in [5, 5.41) is 3.12. The zero-order valence-corrected chi connectivity index (χ0v) is 10.9. The fourth-order valence-corrected chi connectivity index (χ4v) is 2.45. The second kappa shape index (κ2) is 5.48. The van der Waals surface area contributed by atoms with Gasteiger partial charge in [0.2, 0.25) is 0 Å². The van der Waals surface area contributed by atoms with Gasteiger partial charge < -0.3 is 10.2 Å². The van der Waals surface area contributed by atoms with E-state index in [9.17, 15) is 9.18 Å². The fourth-order valence-electron chi connectivity index (χ4n) is 2.45. The molecule has 3 nitrogen and oxygen atoms in total. The van der Waals surface area contributed by atoms with Crippen LogP contribution in [0.1, 0.15) is 22.3 Å². The number of rotatable bonds is 3. The van der Waals surface area contributed by atoms with E-state index in [1.165, 1.54) is 6.07 Å². The number of nitrogens with zero attached hydrogens (tertiary/aromatic N) is 1. The van der Waals surface area contributed by atoms with Crippen LogP contribution in [-0.2, 0) is 0 Å². The van der Waals surface area contributed by atoms with Gasteiger partial charge in [-0.3, -0.25) is 4.79 Å². The first kappa shape index (κ1) is 13.0. The van der Waals surface area contributed by atoms with Crippen molar-refractivity contribution in [2.75, 3.05) is 26.7 Å². The van der Waals surface area contributed by atoms with Crippen molar-refractivity contribution < 1.29 is 9.18 Å². The molecule has 2 rings (SSSR count). The summed E-state index contributed by atoms with van der Waals surface area (Å²) in [5.74, 6) is -0.135. The van der Waals surface area contributed by atoms with E-state index in [0.717, 1.165) is 25.1 Å². The first-order valence-corrected chi connectivity index (χ1v) is 6.32. The fraction of sp³-hybridized carbons (Fsp3) is 0.500. The van der Waals surface area contributed by atoms with E-state index in [1.807, 2.05) is 14.0 Å². The molecule has 98 valence electrons. The molecule has 1 aromatic carbocycles. The second-order valence-corrected chi connectivity index (χ2v) is 4.95. The number of carbonyl (C=O) groups is 1. The minimum absolute atomic E-state index is 0.185. The lowest BCUT2D eigenvalue weighted by molar-refractivity contribution is 0.0782. The predicted molar refractivity (Wildman–Crippen MR) is 69.1 cm³/mol. The number of amides is 1. The van der Waals surface area contributed by atoms with Gasteiger partial charge in [-0.1, -0.05) is 11.6 Å². The van der Waals surface area contributed by atoms with E-state index in [2.05, 4.69) is 5.32 Å². The molecule has 1 aromatic rings. The van der Waals surface area contributed by atoms with Crippen molar-refractivity contribution in [3.05, 3.63) is 35.1 Å². The Hall–Kier alpha value is -1.42. The quantitative estimate of drug-likeness (QED) is 0.887. The minimum atomic E-state index is -0.428. The highest BCUT2D eigenvalue weighted by Crippen LogP contribution is 2.20. The summed E-state index contributed by atoms with van der Waals surface area (Å²) in [6.07, 6.45) is 0.986. The van der Waals surface area contributed by atoms with Crippen molar-refractivity contribution in [2.45, 2.75) is 13.3 Å². The number of likely N-dealkylation sites (tertiary alicyclic amines) is 1. The van der Waals surface area contributed by atoms with Crippen LogP contribution < -0.4 is 5.32 Å². The van der Waals surface area contributed by atoms with Gasteiger partial charge in [-0.25, -0.2) is 4.39 Å². The van der Waals surface area contributed by atoms with E-state index < -0.39 is 5.82 Å². The lowest BCUT2D eigenvalue weighted by Crippen LogP contribution is -2.31. The maximum atomic E-state index is 13.7. The number of halogens is 1. The van der Waals surface area contributed by atoms with Gasteiger partial charge in [0.05, 0.1) is 5.56 Å². The van der Waals surface area contributed by atoms with Crippen LogP contribution in [0.3, 0.4) is 0 Å². The van der Waals surface area contributed by atoms with Gasteiger partial charge in [-0.15, -0.1) is 0 Å². The van der Waals surface area contributed by atoms with Gasteiger partial charge in [0, 0.05) is 13.1 Å². The van der Waals surface area contributed by atoms with Crippen LogP contribution in [0.4, 0.5) is 4.39 Å². The summed E-state index contributed by atoms with van der Waals surface area (Å²) in [4.78, 5) is 14.0. The molecule has 1 N–H and O–H groups in total. The molecule has 4 heteroatoms. The molecule has 0 aliphatic carbocycles. The molecule has 1 heterocycles. The Bertz CT molecular complexity index is 447. The Morgan fingerprint density at radius 3 is 3.06 bits per heavy atom. The van der Waals surface area contributed by atoms with Gasteiger partial charge in [0.25, 0.3) is 5.91 Å². The Balaban J connectivity index is 2.10. The van der Waals surface area contributed by atoms with E-state index in [-0.39, 0.29) is 11.5 Å². The minimum Gasteiger partial charge on any atom is -0.338 e. The first-order valence-electron chi connectivity index (χ1n) is 6.32. The average Bonchev–Trinajstić information content (AvgIpc) is 2.80. The SMILES string of the molecule is CNC[C@H]1CCN(C(=O)c2cc(C)ccc2F)C1. The van der Waals surface area contributed by atoms with Crippen molar-refractivity contribution in [3.63, 3.8) is 0 Å². The molecule has 18 heavy (non-hydrogen) atoms. The third-order valence-electron chi connectivity index (χ3n) is 3.42. The zero-order valence-electron chi connectivity index (χ0n) is 10.9. The third kappa shape index (κ3) is 2.70. The van der Waals surface area contributed by atoms with E-state index >= 15 is 0 Å². The molecule has 1 atom stereocenters. The largest absolute Gasteiger partial charge is 0.338 e. The number of hydrogen-bond acceptors (Lipinski definition) is 2. The van der Waals surface area contributed by atoms with E-state index in [4.69, 9.17) is 0 Å². The van der Waals surface area contributed by atoms with Crippen LogP contribution in [-0.4, -0.2) is 37.5 Å². The van der Waals surface area contributed by atoms with Crippen molar-refractivity contribution in [3.8, 4) is 0 Å². The van der Waals surface area contributed by atoms with Gasteiger partial charge in [0.15, 0.2) is 0 Å². The zero-order chi connectivity index (χ0) is 13.1. The highest BCUT2D eigenvalue weighted by molar-refractivity contribution is 5.94. The Morgan fingerprint density at radius 2 is 2.33 bits per heavy atom. The number of hydrogen-bond donors (Lipinski definition) is 1. The van der Waals surface area contributed by atoms with Crippen LogP contribution in [0.5, 0.6) is 0 Å². The normalized spacial score (nSPS) is 19.3. The smallest absolute Gasteiger partial charge is 0.256 e. The highest BCUT2D eigenvalue weighted by Gasteiger charge is 2.27. The van der Waals surface area contributed by atoms with E-state index in [0.29, 0.717) is 12.5 Å². The van der Waals surface area contributed by atoms with Gasteiger partial charge >= 0.3 is 0 Å². The average molecular weight is 250 g/mol. The maximum Gasteiger partial charge on any atom is 0.256 e. The molecule has 0 bridgehead atoms. The molecule has 0 spiro atoms. The molecule has 0 saturated carbocycles. The Morgan fingerprint density at radius 1 is 1.56 bits per heavy atom. The topological polar surface area (TPSA) is 32.3 Å². The predicted octanol–water partition coefficient (Wildman–Crippen LogP) is 1.82. The number of carbonyl (C=O) groups excluding carboxylic acids is 1. The number of nitrogens with one attached hydrogen (secondary N) is 1. The summed E-state index contributed by atoms with van der Waals surface area (Å²) in [5.41, 5.74) is 1.10. The first-order chi connectivity index (χ1) is 8.61. The van der Waals surface area contributed by atoms with Crippen LogP contribution >= 0.6 is 0 Å². The summed E-state index contributed by atoms with van der Waals surface area (Å²) in [6, 6.07) is 4.67. The molecule has 1 aliphatic rings. The molecule has 0 radical (unpaired) electrons. The Labute approximate surface area is 107 Å². The van der Waals surface area contributed by atoms with Crippen LogP contribution in [0.25, 0.3) is 0 Å². The number of benzene rings is 1. The second-order valence-electron chi connectivity index (χ2n) is 4.95. The van der Waals surface area contributed by atoms with Gasteiger partial charge in [-0.05, 0) is 45.0 Å². The molecule has 1 saturated heterocycles. The molecular formula is C14H19FN2O. The third-order valence-corrected chi connectivity index (χ3v) is 3.42. The monoisotopic (exact) mass is 250 g/mol. The summed E-state index contributed by atoms with van der Waals surface area (Å²) in [6.45, 7) is 4.20. The lowest BCUT2D eigenvalue weighted by Gasteiger charge is -2.17. The van der Waals surface area contributed by atoms with Crippen molar-refractivity contribution in [2.24, 2.45) is 5.92 Å². The van der Waals surface area contributed by atoms with Crippen LogP contribution in [0.15, 0.2) is 18.2 Å². The van der Waals surface area contributed by atoms with Crippen LogP contribution in [0, 0.1) is 18.7 Å². The van der Waals surface area contributed by atoms with E-state index in [1.54, 1.807) is 17.0 Å². The molecule has 1 amide bonds. The lowest BCUT2D eigenvalue weighted by atomic mass is 10.1.